The lowest BCUT2D eigenvalue weighted by molar-refractivity contribution is -0.136. The zero-order chi connectivity index (χ0) is 19.7. The van der Waals surface area contributed by atoms with E-state index in [1.54, 1.807) is 22.6 Å². The maximum Gasteiger partial charge on any atom is 0.261 e. The maximum absolute atomic E-state index is 13.1. The fourth-order valence-electron chi connectivity index (χ4n) is 3.96. The SMILES string of the molecule is COCCC(=O)N1CCC(O)(Cn2c(C3CC3)nc3ccccc3c2=O)CC1. The van der Waals surface area contributed by atoms with Crippen molar-refractivity contribution in [1.29, 1.82) is 0 Å². The van der Waals surface area contributed by atoms with E-state index in [-0.39, 0.29) is 18.0 Å². The molecule has 2 heterocycles. The third-order valence-electron chi connectivity index (χ3n) is 5.85. The van der Waals surface area contributed by atoms with Crippen LogP contribution in [0.15, 0.2) is 29.1 Å². The summed E-state index contributed by atoms with van der Waals surface area (Å²) in [6, 6.07) is 7.38. The summed E-state index contributed by atoms with van der Waals surface area (Å²) >= 11 is 0. The summed E-state index contributed by atoms with van der Waals surface area (Å²) in [5.41, 5.74) is -0.369. The zero-order valence-electron chi connectivity index (χ0n) is 16.3. The van der Waals surface area contributed by atoms with Gasteiger partial charge in [-0.15, -0.1) is 0 Å². The molecule has 2 fully saturated rings. The summed E-state index contributed by atoms with van der Waals surface area (Å²) in [7, 11) is 1.58. The van der Waals surface area contributed by atoms with Gasteiger partial charge >= 0.3 is 0 Å². The van der Waals surface area contributed by atoms with Crippen molar-refractivity contribution in [2.45, 2.75) is 50.2 Å². The highest BCUT2D eigenvalue weighted by molar-refractivity contribution is 5.77. The molecule has 0 bridgehead atoms. The predicted octanol–water partition coefficient (Wildman–Crippen LogP) is 1.66. The number of rotatable bonds is 6. The number of benzene rings is 1. The highest BCUT2D eigenvalue weighted by Gasteiger charge is 2.37. The van der Waals surface area contributed by atoms with E-state index in [4.69, 9.17) is 9.72 Å². The minimum atomic E-state index is -1.00. The Morgan fingerprint density at radius 3 is 2.68 bits per heavy atom. The average Bonchev–Trinajstić information content (AvgIpc) is 3.54. The number of hydrogen-bond acceptors (Lipinski definition) is 5. The molecule has 0 radical (unpaired) electrons. The van der Waals surface area contributed by atoms with Crippen LogP contribution in [0.4, 0.5) is 0 Å². The van der Waals surface area contributed by atoms with Gasteiger partial charge < -0.3 is 14.7 Å². The topological polar surface area (TPSA) is 84.7 Å². The largest absolute Gasteiger partial charge is 0.388 e. The molecule has 4 rings (SSSR count). The average molecular weight is 385 g/mol. The molecule has 1 aliphatic carbocycles. The number of aromatic nitrogens is 2. The van der Waals surface area contributed by atoms with Gasteiger partial charge in [0, 0.05) is 26.1 Å². The van der Waals surface area contributed by atoms with Crippen molar-refractivity contribution in [2.75, 3.05) is 26.8 Å². The second-order valence-corrected chi connectivity index (χ2v) is 8.00. The fraction of sp³-hybridized carbons (Fsp3) is 0.571. The van der Waals surface area contributed by atoms with E-state index in [9.17, 15) is 14.7 Å². The van der Waals surface area contributed by atoms with Crippen LogP contribution in [0.1, 0.15) is 43.8 Å². The molecule has 2 aliphatic rings. The van der Waals surface area contributed by atoms with Crippen LogP contribution in [0.5, 0.6) is 0 Å². The molecule has 1 aliphatic heterocycles. The van der Waals surface area contributed by atoms with Gasteiger partial charge in [-0.1, -0.05) is 12.1 Å². The van der Waals surface area contributed by atoms with Crippen LogP contribution < -0.4 is 5.56 Å². The molecule has 7 heteroatoms. The highest BCUT2D eigenvalue weighted by atomic mass is 16.5. The molecule has 1 aromatic carbocycles. The van der Waals surface area contributed by atoms with Crippen molar-refractivity contribution >= 4 is 16.8 Å². The first-order valence-corrected chi connectivity index (χ1v) is 9.99. The smallest absolute Gasteiger partial charge is 0.261 e. The summed E-state index contributed by atoms with van der Waals surface area (Å²) in [4.78, 5) is 31.8. The number of fused-ring (bicyclic) bond motifs is 1. The number of aliphatic hydroxyl groups is 1. The van der Waals surface area contributed by atoms with Gasteiger partial charge in [0.15, 0.2) is 0 Å². The number of nitrogens with zero attached hydrogens (tertiary/aromatic N) is 3. The Morgan fingerprint density at radius 2 is 2.00 bits per heavy atom. The van der Waals surface area contributed by atoms with Crippen molar-refractivity contribution in [3.8, 4) is 0 Å². The molecular formula is C21H27N3O4. The van der Waals surface area contributed by atoms with Gasteiger partial charge in [0.2, 0.25) is 5.91 Å². The molecule has 0 spiro atoms. The van der Waals surface area contributed by atoms with Crippen LogP contribution in [0, 0.1) is 0 Å². The quantitative estimate of drug-likeness (QED) is 0.818. The number of carbonyl (C=O) groups excluding carboxylic acids is 1. The molecule has 2 aromatic rings. The summed E-state index contributed by atoms with van der Waals surface area (Å²) in [6.45, 7) is 1.62. The minimum absolute atomic E-state index is 0.0482. The molecule has 1 amide bonds. The first-order valence-electron chi connectivity index (χ1n) is 9.99. The highest BCUT2D eigenvalue weighted by Crippen LogP contribution is 2.39. The molecule has 1 aromatic heterocycles. The Labute approximate surface area is 163 Å². The van der Waals surface area contributed by atoms with Gasteiger partial charge in [-0.05, 0) is 37.8 Å². The lowest BCUT2D eigenvalue weighted by Gasteiger charge is -2.38. The third-order valence-corrected chi connectivity index (χ3v) is 5.85. The molecule has 150 valence electrons. The second-order valence-electron chi connectivity index (χ2n) is 8.00. The van der Waals surface area contributed by atoms with E-state index in [1.165, 1.54) is 0 Å². The molecular weight excluding hydrogens is 358 g/mol. The maximum atomic E-state index is 13.1. The zero-order valence-corrected chi connectivity index (χ0v) is 16.3. The van der Waals surface area contributed by atoms with E-state index < -0.39 is 5.60 Å². The number of para-hydroxylation sites is 1. The van der Waals surface area contributed by atoms with E-state index in [2.05, 4.69) is 0 Å². The van der Waals surface area contributed by atoms with Crippen molar-refractivity contribution in [3.63, 3.8) is 0 Å². The molecule has 0 atom stereocenters. The van der Waals surface area contributed by atoms with Crippen LogP contribution in [-0.2, 0) is 16.1 Å². The Morgan fingerprint density at radius 1 is 1.29 bits per heavy atom. The van der Waals surface area contributed by atoms with Gasteiger partial charge in [-0.25, -0.2) is 4.98 Å². The number of hydrogen-bond donors (Lipinski definition) is 1. The lowest BCUT2D eigenvalue weighted by Crippen LogP contribution is -2.50. The van der Waals surface area contributed by atoms with Crippen LogP contribution in [0.25, 0.3) is 10.9 Å². The van der Waals surface area contributed by atoms with Gasteiger partial charge in [0.1, 0.15) is 5.82 Å². The van der Waals surface area contributed by atoms with Gasteiger partial charge in [-0.2, -0.15) is 0 Å². The standard InChI is InChI=1S/C21H27N3O4/c1-28-13-8-18(25)23-11-9-21(27,10-12-23)14-24-19(15-6-7-15)22-17-5-3-2-4-16(17)20(24)26/h2-5,15,27H,6-14H2,1H3. The summed E-state index contributed by atoms with van der Waals surface area (Å²) in [5, 5.41) is 11.8. The minimum Gasteiger partial charge on any atom is -0.388 e. The molecule has 1 saturated heterocycles. The normalized spacial score (nSPS) is 19.1. The summed E-state index contributed by atoms with van der Waals surface area (Å²) < 4.78 is 6.65. The number of carbonyl (C=O) groups is 1. The number of ether oxygens (including phenoxy) is 1. The summed E-state index contributed by atoms with van der Waals surface area (Å²) in [5.74, 6) is 1.14. The van der Waals surface area contributed by atoms with E-state index >= 15 is 0 Å². The fourth-order valence-corrected chi connectivity index (χ4v) is 3.96. The Bertz CT molecular complexity index is 927. The van der Waals surface area contributed by atoms with Crippen LogP contribution in [-0.4, -0.2) is 57.9 Å². The third kappa shape index (κ3) is 3.82. The number of likely N-dealkylation sites (tertiary alicyclic amines) is 1. The van der Waals surface area contributed by atoms with Crippen LogP contribution in [0.3, 0.4) is 0 Å². The molecule has 1 N–H and O–H groups in total. The Hall–Kier alpha value is -2.25. The number of piperidine rings is 1. The lowest BCUT2D eigenvalue weighted by atomic mass is 9.91. The van der Waals surface area contributed by atoms with Gasteiger partial charge in [0.05, 0.1) is 36.1 Å². The number of amides is 1. The molecule has 1 saturated carbocycles. The van der Waals surface area contributed by atoms with Crippen LogP contribution >= 0.6 is 0 Å². The van der Waals surface area contributed by atoms with Gasteiger partial charge in [0.25, 0.3) is 5.56 Å². The molecule has 28 heavy (non-hydrogen) atoms. The van der Waals surface area contributed by atoms with E-state index in [0.29, 0.717) is 50.3 Å². The van der Waals surface area contributed by atoms with Crippen LogP contribution in [0.2, 0.25) is 0 Å². The van der Waals surface area contributed by atoms with E-state index in [0.717, 1.165) is 24.2 Å². The van der Waals surface area contributed by atoms with Crippen molar-refractivity contribution in [2.24, 2.45) is 0 Å². The first-order chi connectivity index (χ1) is 13.5. The Kier molecular flexibility index (Phi) is 5.21. The predicted molar refractivity (Wildman–Crippen MR) is 105 cm³/mol. The Balaban J connectivity index is 1.55. The molecule has 7 nitrogen and oxygen atoms in total. The van der Waals surface area contributed by atoms with Crippen molar-refractivity contribution in [3.05, 3.63) is 40.4 Å². The monoisotopic (exact) mass is 385 g/mol. The molecule has 0 unspecified atom stereocenters. The van der Waals surface area contributed by atoms with Crippen molar-refractivity contribution < 1.29 is 14.6 Å². The first kappa shape index (κ1) is 19.1. The second kappa shape index (κ2) is 7.64. The van der Waals surface area contributed by atoms with E-state index in [1.807, 2.05) is 18.2 Å². The number of methoxy groups -OCH3 is 1. The summed E-state index contributed by atoms with van der Waals surface area (Å²) in [6.07, 6.45) is 3.33. The van der Waals surface area contributed by atoms with Crippen molar-refractivity contribution in [1.82, 2.24) is 14.5 Å². The van der Waals surface area contributed by atoms with Gasteiger partial charge in [-0.3, -0.25) is 14.2 Å².